The SMILES string of the molecule is O=C(O)CCC(NC(=O)NC(CCN(Cc1ccccn1)Cc1ccccn1)C(=O)O)C(=O)O.O=C(O)CCC(NC(=O)NC(CCN(Cc1ccccn1)Cc1ccccn1)CC(=O)O)C(=O)O. The molecule has 0 radical (unpaired) electrons. The number of carbonyl (C=O) groups is 8. The average Bonchev–Trinajstić information content (AvgIpc) is 3.30. The van der Waals surface area contributed by atoms with Crippen LogP contribution in [-0.2, 0) is 54.9 Å². The van der Waals surface area contributed by atoms with Crippen LogP contribution in [0.3, 0.4) is 0 Å². The van der Waals surface area contributed by atoms with Gasteiger partial charge in [0.15, 0.2) is 0 Å². The standard InChI is InChI=1S/C23H29N5O7.C22H27N5O7/c29-20(30)8-7-19(22(33)34)27-23(35)26-16(13-21(31)32)9-12-28(14-17-5-1-3-10-24-17)15-18-6-2-4-11-25-18;28-19(29)8-7-17(20(30)31)25-22(34)26-18(21(32)33)9-12-27(13-15-5-1-3-10-23-15)14-16-6-2-4-11-24-16/h1-6,10-11,16,19H,7-9,12-15H2,(H,29,30)(H,31,32)(H,33,34)(H2,26,27,35);1-6,10-11,17-18H,7-9,12-14H2,(H,28,29)(H,30,31)(H,32,33)(H2,25,26,34). The van der Waals surface area contributed by atoms with Gasteiger partial charge in [-0.05, 0) is 74.2 Å². The van der Waals surface area contributed by atoms with Crippen molar-refractivity contribution in [1.82, 2.24) is 51.0 Å². The zero-order valence-corrected chi connectivity index (χ0v) is 37.4. The van der Waals surface area contributed by atoms with Crippen molar-refractivity contribution >= 4 is 47.9 Å². The summed E-state index contributed by atoms with van der Waals surface area (Å²) in [6.07, 6.45) is 5.03. The number of carboxylic acids is 6. The Balaban J connectivity index is 0.000000365. The van der Waals surface area contributed by atoms with E-state index in [9.17, 15) is 53.7 Å². The molecule has 4 aromatic rings. The first-order valence-corrected chi connectivity index (χ1v) is 21.5. The smallest absolute Gasteiger partial charge is 0.326 e. The summed E-state index contributed by atoms with van der Waals surface area (Å²) in [5.74, 6) is -7.62. The number of nitrogens with zero attached hydrogens (tertiary/aromatic N) is 6. The molecule has 10 N–H and O–H groups in total. The molecule has 0 fully saturated rings. The third-order valence-corrected chi connectivity index (χ3v) is 9.84. The molecule has 0 aliphatic rings. The zero-order chi connectivity index (χ0) is 50.6. The quantitative estimate of drug-likeness (QED) is 0.0373. The van der Waals surface area contributed by atoms with Crippen LogP contribution in [0, 0.1) is 0 Å². The lowest BCUT2D eigenvalue weighted by Crippen LogP contribution is -2.51. The molecule has 4 amide bonds. The lowest BCUT2D eigenvalue weighted by atomic mass is 10.1. The van der Waals surface area contributed by atoms with Gasteiger partial charge < -0.3 is 51.9 Å². The van der Waals surface area contributed by atoms with Gasteiger partial charge in [-0.2, -0.15) is 0 Å². The van der Waals surface area contributed by atoms with Crippen LogP contribution in [0.25, 0.3) is 0 Å². The topological polar surface area (TPSA) is 364 Å². The molecule has 0 aliphatic heterocycles. The van der Waals surface area contributed by atoms with Gasteiger partial charge >= 0.3 is 47.9 Å². The Morgan fingerprint density at radius 1 is 0.420 bits per heavy atom. The van der Waals surface area contributed by atoms with Gasteiger partial charge in [0.2, 0.25) is 0 Å². The summed E-state index contributed by atoms with van der Waals surface area (Å²) >= 11 is 0. The molecular weight excluding hydrogens is 905 g/mol. The van der Waals surface area contributed by atoms with Crippen LogP contribution in [-0.4, -0.2) is 146 Å². The number of hydrogen-bond acceptors (Lipinski definition) is 14. The van der Waals surface area contributed by atoms with Crippen LogP contribution in [0.1, 0.15) is 67.7 Å². The predicted octanol–water partition coefficient (Wildman–Crippen LogP) is 2.27. The molecule has 370 valence electrons. The normalized spacial score (nSPS) is 12.5. The summed E-state index contributed by atoms with van der Waals surface area (Å²) < 4.78 is 0. The highest BCUT2D eigenvalue weighted by atomic mass is 16.4. The Morgan fingerprint density at radius 2 is 0.739 bits per heavy atom. The first kappa shape index (κ1) is 55.2. The molecule has 4 unspecified atom stereocenters. The van der Waals surface area contributed by atoms with E-state index in [1.54, 1.807) is 49.1 Å². The molecule has 24 heteroatoms. The Kier molecular flexibility index (Phi) is 24.2. The number of pyridine rings is 4. The van der Waals surface area contributed by atoms with Crippen molar-refractivity contribution < 1.29 is 69.0 Å². The second-order valence-corrected chi connectivity index (χ2v) is 15.4. The zero-order valence-electron chi connectivity index (χ0n) is 37.4. The Hall–Kier alpha value is -8.12. The van der Waals surface area contributed by atoms with Gasteiger partial charge in [0.05, 0.1) is 29.2 Å². The minimum Gasteiger partial charge on any atom is -0.481 e. The van der Waals surface area contributed by atoms with Gasteiger partial charge in [-0.1, -0.05) is 24.3 Å². The number of carbonyl (C=O) groups excluding carboxylic acids is 2. The number of carboxylic acid groups (broad SMARTS) is 6. The molecule has 4 atom stereocenters. The largest absolute Gasteiger partial charge is 0.481 e. The van der Waals surface area contributed by atoms with Gasteiger partial charge in [0.25, 0.3) is 0 Å². The summed E-state index contributed by atoms with van der Waals surface area (Å²) in [7, 11) is 0. The van der Waals surface area contributed by atoms with E-state index in [2.05, 4.69) is 41.2 Å². The average molecular weight is 961 g/mol. The van der Waals surface area contributed by atoms with Gasteiger partial charge in [-0.15, -0.1) is 0 Å². The van der Waals surface area contributed by atoms with E-state index in [-0.39, 0.29) is 38.6 Å². The van der Waals surface area contributed by atoms with E-state index in [0.717, 1.165) is 22.8 Å². The summed E-state index contributed by atoms with van der Waals surface area (Å²) in [4.78, 5) is 113. The minimum absolute atomic E-state index is 0.0231. The summed E-state index contributed by atoms with van der Waals surface area (Å²) in [6, 6.07) is 15.2. The van der Waals surface area contributed by atoms with E-state index < -0.39 is 84.9 Å². The molecule has 0 saturated carbocycles. The highest BCUT2D eigenvalue weighted by Gasteiger charge is 2.27. The van der Waals surface area contributed by atoms with Crippen molar-refractivity contribution in [2.45, 2.75) is 95.3 Å². The number of aliphatic carboxylic acids is 6. The monoisotopic (exact) mass is 960 g/mol. The summed E-state index contributed by atoms with van der Waals surface area (Å²) in [5.41, 5.74) is 3.18. The van der Waals surface area contributed by atoms with Gasteiger partial charge in [-0.3, -0.25) is 44.1 Å². The first-order valence-electron chi connectivity index (χ1n) is 21.5. The summed E-state index contributed by atoms with van der Waals surface area (Å²) in [5, 5.41) is 63.8. The third-order valence-electron chi connectivity index (χ3n) is 9.84. The number of hydrogen-bond donors (Lipinski definition) is 10. The van der Waals surface area contributed by atoms with Crippen LogP contribution in [0.2, 0.25) is 0 Å². The second kappa shape index (κ2) is 30.2. The number of nitrogens with one attached hydrogen (secondary N) is 4. The highest BCUT2D eigenvalue weighted by Crippen LogP contribution is 2.12. The fourth-order valence-corrected chi connectivity index (χ4v) is 6.45. The molecule has 0 bridgehead atoms. The van der Waals surface area contributed by atoms with Crippen molar-refractivity contribution in [1.29, 1.82) is 0 Å². The Labute approximate surface area is 395 Å². The van der Waals surface area contributed by atoms with Crippen LogP contribution in [0.15, 0.2) is 97.6 Å². The molecule has 0 spiro atoms. The first-order chi connectivity index (χ1) is 33.0. The third kappa shape index (κ3) is 23.8. The van der Waals surface area contributed by atoms with Crippen LogP contribution in [0.5, 0.6) is 0 Å². The van der Waals surface area contributed by atoms with E-state index in [0.29, 0.717) is 32.7 Å². The van der Waals surface area contributed by atoms with Crippen molar-refractivity contribution in [3.8, 4) is 0 Å². The molecule has 24 nitrogen and oxygen atoms in total. The fraction of sp³-hybridized carbons (Fsp3) is 0.378. The molecule has 0 aromatic carbocycles. The van der Waals surface area contributed by atoms with Crippen molar-refractivity contribution in [2.75, 3.05) is 13.1 Å². The van der Waals surface area contributed by atoms with E-state index >= 15 is 0 Å². The van der Waals surface area contributed by atoms with Crippen LogP contribution >= 0.6 is 0 Å². The maximum Gasteiger partial charge on any atom is 0.326 e. The number of aromatic nitrogens is 4. The highest BCUT2D eigenvalue weighted by molar-refractivity contribution is 5.86. The Morgan fingerprint density at radius 3 is 1.03 bits per heavy atom. The van der Waals surface area contributed by atoms with Gasteiger partial charge in [-0.25, -0.2) is 24.0 Å². The van der Waals surface area contributed by atoms with Crippen LogP contribution in [0.4, 0.5) is 9.59 Å². The maximum absolute atomic E-state index is 12.4. The lowest BCUT2D eigenvalue weighted by molar-refractivity contribution is -0.142. The fourth-order valence-electron chi connectivity index (χ4n) is 6.45. The lowest BCUT2D eigenvalue weighted by Gasteiger charge is -2.25. The molecule has 0 aliphatic carbocycles. The van der Waals surface area contributed by atoms with E-state index in [1.807, 2.05) is 58.3 Å². The Bertz CT molecular complexity index is 2170. The van der Waals surface area contributed by atoms with Crippen LogP contribution < -0.4 is 21.3 Å². The van der Waals surface area contributed by atoms with Crippen molar-refractivity contribution in [3.63, 3.8) is 0 Å². The molecule has 4 heterocycles. The molecule has 69 heavy (non-hydrogen) atoms. The summed E-state index contributed by atoms with van der Waals surface area (Å²) in [6.45, 7) is 2.45. The number of amides is 4. The predicted molar refractivity (Wildman–Crippen MR) is 242 cm³/mol. The van der Waals surface area contributed by atoms with E-state index in [1.165, 1.54) is 0 Å². The van der Waals surface area contributed by atoms with Crippen molar-refractivity contribution in [2.24, 2.45) is 0 Å². The number of rotatable bonds is 29. The van der Waals surface area contributed by atoms with Gasteiger partial charge in [0, 0.05) is 82.9 Å². The van der Waals surface area contributed by atoms with Gasteiger partial charge in [0.1, 0.15) is 18.1 Å². The minimum atomic E-state index is -1.46. The maximum atomic E-state index is 12.4. The second-order valence-electron chi connectivity index (χ2n) is 15.4. The molecule has 4 rings (SSSR count). The molecule has 4 aromatic heterocycles. The number of urea groups is 2. The van der Waals surface area contributed by atoms with E-state index in [4.69, 9.17) is 15.3 Å². The molecular formula is C45H56N10O14. The molecule has 0 saturated heterocycles. The van der Waals surface area contributed by atoms with Crippen molar-refractivity contribution in [3.05, 3.63) is 120 Å².